The van der Waals surface area contributed by atoms with Crippen molar-refractivity contribution in [3.8, 4) is 11.5 Å². The first-order valence-corrected chi connectivity index (χ1v) is 8.52. The Labute approximate surface area is 148 Å². The van der Waals surface area contributed by atoms with Crippen molar-refractivity contribution in [3.63, 3.8) is 0 Å². The lowest BCUT2D eigenvalue weighted by Crippen LogP contribution is -2.27. The molecule has 126 valence electrons. The molecular formula is C19H15ClN2O3. The van der Waals surface area contributed by atoms with Gasteiger partial charge in [0.05, 0.1) is 5.41 Å². The molecule has 3 aromatic rings. The molecular weight excluding hydrogens is 340 g/mol. The van der Waals surface area contributed by atoms with Crippen molar-refractivity contribution < 1.29 is 14.3 Å². The van der Waals surface area contributed by atoms with Crippen molar-refractivity contribution in [3.05, 3.63) is 53.2 Å². The summed E-state index contributed by atoms with van der Waals surface area (Å²) in [4.78, 5) is 16.2. The van der Waals surface area contributed by atoms with Gasteiger partial charge in [-0.2, -0.15) is 0 Å². The summed E-state index contributed by atoms with van der Waals surface area (Å²) in [6.45, 7) is 0.215. The van der Waals surface area contributed by atoms with E-state index in [4.69, 9.17) is 21.1 Å². The van der Waals surface area contributed by atoms with Gasteiger partial charge in [0.25, 0.3) is 0 Å². The molecule has 1 fully saturated rings. The SMILES string of the molecule is O=C(Nc1ccc2c(c1)OCO2)C1(c2c[nH]c3ccc(Cl)cc23)CC1. The fraction of sp³-hybridized carbons (Fsp3) is 0.211. The Morgan fingerprint density at radius 1 is 1.12 bits per heavy atom. The van der Waals surface area contributed by atoms with Crippen molar-refractivity contribution in [1.82, 2.24) is 4.98 Å². The van der Waals surface area contributed by atoms with Gasteiger partial charge in [0.1, 0.15) is 0 Å². The molecule has 0 atom stereocenters. The van der Waals surface area contributed by atoms with Gasteiger partial charge in [-0.1, -0.05) is 11.6 Å². The van der Waals surface area contributed by atoms with Crippen LogP contribution in [-0.4, -0.2) is 17.7 Å². The maximum absolute atomic E-state index is 13.0. The van der Waals surface area contributed by atoms with Crippen LogP contribution < -0.4 is 14.8 Å². The van der Waals surface area contributed by atoms with Crippen LogP contribution in [0.5, 0.6) is 11.5 Å². The van der Waals surface area contributed by atoms with Gasteiger partial charge in [-0.05, 0) is 48.7 Å². The Balaban J connectivity index is 1.47. The molecule has 2 aromatic carbocycles. The highest BCUT2D eigenvalue weighted by atomic mass is 35.5. The first-order valence-electron chi connectivity index (χ1n) is 8.14. The molecule has 5 rings (SSSR count). The first-order chi connectivity index (χ1) is 12.2. The zero-order valence-electron chi connectivity index (χ0n) is 13.3. The second-order valence-electron chi connectivity index (χ2n) is 6.50. The molecule has 0 saturated heterocycles. The highest BCUT2D eigenvalue weighted by Gasteiger charge is 2.52. The van der Waals surface area contributed by atoms with Crippen LogP contribution >= 0.6 is 11.6 Å². The van der Waals surface area contributed by atoms with E-state index in [1.165, 1.54) is 0 Å². The minimum Gasteiger partial charge on any atom is -0.454 e. The lowest BCUT2D eigenvalue weighted by Gasteiger charge is -2.15. The van der Waals surface area contributed by atoms with E-state index in [1.54, 1.807) is 6.07 Å². The number of amides is 1. The summed E-state index contributed by atoms with van der Waals surface area (Å²) < 4.78 is 10.7. The van der Waals surface area contributed by atoms with Crippen LogP contribution in [0.2, 0.25) is 5.02 Å². The van der Waals surface area contributed by atoms with E-state index >= 15 is 0 Å². The maximum Gasteiger partial charge on any atom is 0.235 e. The zero-order valence-corrected chi connectivity index (χ0v) is 14.0. The molecule has 2 aliphatic rings. The number of halogens is 1. The second kappa shape index (κ2) is 5.17. The van der Waals surface area contributed by atoms with Crippen molar-refractivity contribution in [2.24, 2.45) is 0 Å². The van der Waals surface area contributed by atoms with Crippen LogP contribution in [0, 0.1) is 0 Å². The fourth-order valence-electron chi connectivity index (χ4n) is 3.46. The summed E-state index contributed by atoms with van der Waals surface area (Å²) in [5.41, 5.74) is 2.20. The number of hydrogen-bond acceptors (Lipinski definition) is 3. The molecule has 0 unspecified atom stereocenters. The lowest BCUT2D eigenvalue weighted by atomic mass is 9.94. The van der Waals surface area contributed by atoms with Crippen molar-refractivity contribution in [2.45, 2.75) is 18.3 Å². The van der Waals surface area contributed by atoms with Crippen LogP contribution in [-0.2, 0) is 10.2 Å². The summed E-state index contributed by atoms with van der Waals surface area (Å²) in [5, 5.41) is 4.69. The number of rotatable bonds is 3. The van der Waals surface area contributed by atoms with Gasteiger partial charge in [-0.25, -0.2) is 0 Å². The summed E-state index contributed by atoms with van der Waals surface area (Å²) in [5.74, 6) is 1.35. The van der Waals surface area contributed by atoms with Crippen LogP contribution in [0.25, 0.3) is 10.9 Å². The molecule has 0 spiro atoms. The largest absolute Gasteiger partial charge is 0.454 e. The van der Waals surface area contributed by atoms with Gasteiger partial charge in [-0.15, -0.1) is 0 Å². The summed E-state index contributed by atoms with van der Waals surface area (Å²) in [6.07, 6.45) is 3.57. The third-order valence-electron chi connectivity index (χ3n) is 4.97. The van der Waals surface area contributed by atoms with E-state index in [0.29, 0.717) is 22.2 Å². The van der Waals surface area contributed by atoms with Crippen LogP contribution in [0.15, 0.2) is 42.6 Å². The number of ether oxygens (including phenoxy) is 2. The average Bonchev–Trinajstić information content (AvgIpc) is 3.10. The van der Waals surface area contributed by atoms with Gasteiger partial charge in [0.2, 0.25) is 12.7 Å². The number of aromatic amines is 1. The highest BCUT2D eigenvalue weighted by molar-refractivity contribution is 6.31. The molecule has 0 bridgehead atoms. The third kappa shape index (κ3) is 2.27. The topological polar surface area (TPSA) is 63.4 Å². The van der Waals surface area contributed by atoms with Crippen LogP contribution in [0.4, 0.5) is 5.69 Å². The normalized spacial score (nSPS) is 16.8. The number of anilines is 1. The van der Waals surface area contributed by atoms with E-state index in [1.807, 2.05) is 36.5 Å². The Hall–Kier alpha value is -2.66. The van der Waals surface area contributed by atoms with Gasteiger partial charge in [-0.3, -0.25) is 4.79 Å². The van der Waals surface area contributed by atoms with Gasteiger partial charge in [0.15, 0.2) is 11.5 Å². The highest BCUT2D eigenvalue weighted by Crippen LogP contribution is 2.51. The van der Waals surface area contributed by atoms with E-state index < -0.39 is 5.41 Å². The molecule has 1 aliphatic carbocycles. The molecule has 2 heterocycles. The molecule has 6 heteroatoms. The molecule has 5 nitrogen and oxygen atoms in total. The number of H-pyrrole nitrogens is 1. The summed E-state index contributed by atoms with van der Waals surface area (Å²) >= 11 is 6.14. The van der Waals surface area contributed by atoms with E-state index in [9.17, 15) is 4.79 Å². The van der Waals surface area contributed by atoms with Gasteiger partial charge in [0, 0.05) is 33.9 Å². The predicted octanol–water partition coefficient (Wildman–Crippen LogP) is 4.22. The van der Waals surface area contributed by atoms with Crippen molar-refractivity contribution in [2.75, 3.05) is 12.1 Å². The number of carbonyl (C=O) groups is 1. The molecule has 1 amide bonds. The minimum atomic E-state index is -0.501. The number of aromatic nitrogens is 1. The quantitative estimate of drug-likeness (QED) is 0.740. The standard InChI is InChI=1S/C19H15ClN2O3/c20-11-1-3-15-13(7-11)14(9-21-15)19(5-6-19)18(23)22-12-2-4-16-17(8-12)25-10-24-16/h1-4,7-9,21H,5-6,10H2,(H,22,23). The van der Waals surface area contributed by atoms with Crippen LogP contribution in [0.1, 0.15) is 18.4 Å². The van der Waals surface area contributed by atoms with Crippen molar-refractivity contribution in [1.29, 1.82) is 0 Å². The van der Waals surface area contributed by atoms with E-state index in [0.717, 1.165) is 29.3 Å². The molecule has 25 heavy (non-hydrogen) atoms. The number of benzene rings is 2. The minimum absolute atomic E-state index is 0.00718. The summed E-state index contributed by atoms with van der Waals surface area (Å²) in [7, 11) is 0. The fourth-order valence-corrected chi connectivity index (χ4v) is 3.63. The Kier molecular flexibility index (Phi) is 3.03. The third-order valence-corrected chi connectivity index (χ3v) is 5.21. The summed E-state index contributed by atoms with van der Waals surface area (Å²) in [6, 6.07) is 11.1. The Morgan fingerprint density at radius 2 is 1.96 bits per heavy atom. The molecule has 1 aromatic heterocycles. The predicted molar refractivity (Wildman–Crippen MR) is 95.4 cm³/mol. The van der Waals surface area contributed by atoms with E-state index in [-0.39, 0.29) is 12.7 Å². The first kappa shape index (κ1) is 14.7. The molecule has 1 aliphatic heterocycles. The van der Waals surface area contributed by atoms with Gasteiger partial charge < -0.3 is 19.8 Å². The molecule has 2 N–H and O–H groups in total. The van der Waals surface area contributed by atoms with E-state index in [2.05, 4.69) is 10.3 Å². The zero-order chi connectivity index (χ0) is 17.0. The maximum atomic E-state index is 13.0. The van der Waals surface area contributed by atoms with Crippen molar-refractivity contribution >= 4 is 34.1 Å². The number of hydrogen-bond donors (Lipinski definition) is 2. The number of nitrogens with one attached hydrogen (secondary N) is 2. The Morgan fingerprint density at radius 3 is 2.80 bits per heavy atom. The average molecular weight is 355 g/mol. The van der Waals surface area contributed by atoms with Crippen LogP contribution in [0.3, 0.4) is 0 Å². The molecule has 1 saturated carbocycles. The monoisotopic (exact) mass is 354 g/mol. The molecule has 0 radical (unpaired) electrons. The number of carbonyl (C=O) groups excluding carboxylic acids is 1. The smallest absolute Gasteiger partial charge is 0.235 e. The Bertz CT molecular complexity index is 1010. The lowest BCUT2D eigenvalue weighted by molar-refractivity contribution is -0.118. The van der Waals surface area contributed by atoms with Gasteiger partial charge >= 0.3 is 0 Å². The number of fused-ring (bicyclic) bond motifs is 2. The second-order valence-corrected chi connectivity index (χ2v) is 6.93.